The summed E-state index contributed by atoms with van der Waals surface area (Å²) in [6, 6.07) is 0. The standard InChI is InChI=1S/C16H27NO3/c1-3-5-11-17(12-6-4-2)15(18)13-9-7-8-10-14(13)16(19)20/h7-8,13-14H,3-6,9-12H2,1-2H3,(H,19,20)/p-1/t13-,14-/m1/s1. The quantitative estimate of drug-likeness (QED) is 0.636. The molecule has 0 aromatic carbocycles. The van der Waals surface area contributed by atoms with Crippen LogP contribution in [0.2, 0.25) is 0 Å². The summed E-state index contributed by atoms with van der Waals surface area (Å²) < 4.78 is 0. The van der Waals surface area contributed by atoms with Crippen LogP contribution in [0.1, 0.15) is 52.4 Å². The molecule has 0 saturated heterocycles. The molecule has 0 heterocycles. The minimum atomic E-state index is -1.10. The third-order valence-corrected chi connectivity index (χ3v) is 3.93. The van der Waals surface area contributed by atoms with Crippen LogP contribution < -0.4 is 5.11 Å². The Morgan fingerprint density at radius 1 is 1.05 bits per heavy atom. The summed E-state index contributed by atoms with van der Waals surface area (Å²) in [5.41, 5.74) is 0. The van der Waals surface area contributed by atoms with Crippen molar-refractivity contribution in [3.63, 3.8) is 0 Å². The van der Waals surface area contributed by atoms with Crippen molar-refractivity contribution < 1.29 is 14.7 Å². The Morgan fingerprint density at radius 3 is 2.00 bits per heavy atom. The van der Waals surface area contributed by atoms with Gasteiger partial charge >= 0.3 is 0 Å². The maximum atomic E-state index is 12.6. The van der Waals surface area contributed by atoms with Gasteiger partial charge in [-0.05, 0) is 25.7 Å². The number of aliphatic carboxylic acids is 1. The highest BCUT2D eigenvalue weighted by molar-refractivity contribution is 5.84. The van der Waals surface area contributed by atoms with E-state index in [-0.39, 0.29) is 5.91 Å². The first kappa shape index (κ1) is 16.7. The van der Waals surface area contributed by atoms with Crippen molar-refractivity contribution in [3.05, 3.63) is 12.2 Å². The highest BCUT2D eigenvalue weighted by atomic mass is 16.4. The Balaban J connectivity index is 2.74. The molecule has 4 heteroatoms. The first-order valence-electron chi connectivity index (χ1n) is 7.76. The molecule has 2 atom stereocenters. The number of unbranched alkanes of at least 4 members (excludes halogenated alkanes) is 2. The fraction of sp³-hybridized carbons (Fsp3) is 0.750. The van der Waals surface area contributed by atoms with Crippen LogP contribution in [0.4, 0.5) is 0 Å². The van der Waals surface area contributed by atoms with Gasteiger partial charge in [-0.15, -0.1) is 0 Å². The molecular weight excluding hydrogens is 254 g/mol. The molecule has 0 radical (unpaired) electrons. The van der Waals surface area contributed by atoms with Gasteiger partial charge < -0.3 is 14.8 Å². The van der Waals surface area contributed by atoms with Crippen LogP contribution in [0.5, 0.6) is 0 Å². The lowest BCUT2D eigenvalue weighted by Gasteiger charge is -2.33. The first-order chi connectivity index (χ1) is 9.61. The third kappa shape index (κ3) is 4.66. The van der Waals surface area contributed by atoms with Gasteiger partial charge in [0.15, 0.2) is 0 Å². The molecule has 20 heavy (non-hydrogen) atoms. The number of amides is 1. The van der Waals surface area contributed by atoms with Crippen molar-refractivity contribution in [2.24, 2.45) is 11.8 Å². The van der Waals surface area contributed by atoms with Crippen LogP contribution >= 0.6 is 0 Å². The van der Waals surface area contributed by atoms with E-state index in [1.54, 1.807) is 0 Å². The molecular formula is C16H26NO3-. The van der Waals surface area contributed by atoms with E-state index >= 15 is 0 Å². The molecule has 114 valence electrons. The number of carboxylic acid groups (broad SMARTS) is 1. The average Bonchev–Trinajstić information content (AvgIpc) is 2.46. The van der Waals surface area contributed by atoms with Gasteiger partial charge in [0.25, 0.3) is 0 Å². The lowest BCUT2D eigenvalue weighted by molar-refractivity contribution is -0.313. The number of rotatable bonds is 8. The van der Waals surface area contributed by atoms with Crippen LogP contribution in [-0.4, -0.2) is 29.9 Å². The van der Waals surface area contributed by atoms with Crippen molar-refractivity contribution in [3.8, 4) is 0 Å². The van der Waals surface area contributed by atoms with Gasteiger partial charge in [-0.1, -0.05) is 38.8 Å². The number of carbonyl (C=O) groups is 2. The number of hydrogen-bond donors (Lipinski definition) is 0. The number of allylic oxidation sites excluding steroid dienone is 2. The van der Waals surface area contributed by atoms with E-state index in [1.807, 2.05) is 17.1 Å². The summed E-state index contributed by atoms with van der Waals surface area (Å²) in [6.45, 7) is 5.65. The fourth-order valence-electron chi connectivity index (χ4n) is 2.61. The summed E-state index contributed by atoms with van der Waals surface area (Å²) in [7, 11) is 0. The molecule has 0 spiro atoms. The van der Waals surface area contributed by atoms with Crippen molar-refractivity contribution >= 4 is 11.9 Å². The summed E-state index contributed by atoms with van der Waals surface area (Å²) in [5.74, 6) is -2.22. The average molecular weight is 280 g/mol. The second-order valence-electron chi connectivity index (χ2n) is 5.51. The third-order valence-electron chi connectivity index (χ3n) is 3.93. The van der Waals surface area contributed by atoms with Crippen molar-refractivity contribution in [1.82, 2.24) is 4.90 Å². The predicted octanol–water partition coefficient (Wildman–Crippen LogP) is 1.75. The largest absolute Gasteiger partial charge is 0.550 e. The Kier molecular flexibility index (Phi) is 7.34. The molecule has 0 fully saturated rings. The molecule has 0 bridgehead atoms. The molecule has 1 rings (SSSR count). The molecule has 0 aromatic heterocycles. The van der Waals surface area contributed by atoms with E-state index in [1.165, 1.54) is 0 Å². The molecule has 0 saturated carbocycles. The van der Waals surface area contributed by atoms with Gasteiger partial charge in [0.2, 0.25) is 5.91 Å². The minimum absolute atomic E-state index is 0.00884. The SMILES string of the molecule is CCCCN(CCCC)C(=O)[C@@H]1CC=CC[C@H]1C(=O)[O-]. The highest BCUT2D eigenvalue weighted by Gasteiger charge is 2.32. The van der Waals surface area contributed by atoms with E-state index in [0.717, 1.165) is 38.8 Å². The zero-order valence-electron chi connectivity index (χ0n) is 12.6. The summed E-state index contributed by atoms with van der Waals surface area (Å²) in [4.78, 5) is 25.7. The fourth-order valence-corrected chi connectivity index (χ4v) is 2.61. The molecule has 0 unspecified atom stereocenters. The van der Waals surface area contributed by atoms with E-state index in [4.69, 9.17) is 0 Å². The second kappa shape index (κ2) is 8.77. The maximum absolute atomic E-state index is 12.6. The zero-order chi connectivity index (χ0) is 15.0. The van der Waals surface area contributed by atoms with Crippen molar-refractivity contribution in [2.45, 2.75) is 52.4 Å². The first-order valence-corrected chi connectivity index (χ1v) is 7.76. The Hall–Kier alpha value is -1.32. The van der Waals surface area contributed by atoms with Crippen LogP contribution in [0.3, 0.4) is 0 Å². The molecule has 1 aliphatic carbocycles. The topological polar surface area (TPSA) is 60.4 Å². The maximum Gasteiger partial charge on any atom is 0.226 e. The summed E-state index contributed by atoms with van der Waals surface area (Å²) in [5, 5.41) is 11.2. The van der Waals surface area contributed by atoms with Crippen LogP contribution in [0, 0.1) is 11.8 Å². The van der Waals surface area contributed by atoms with Crippen LogP contribution in [0.25, 0.3) is 0 Å². The Bertz CT molecular complexity index is 344. The van der Waals surface area contributed by atoms with E-state index < -0.39 is 17.8 Å². The van der Waals surface area contributed by atoms with E-state index in [0.29, 0.717) is 12.8 Å². The molecule has 0 aliphatic heterocycles. The molecule has 4 nitrogen and oxygen atoms in total. The second-order valence-corrected chi connectivity index (χ2v) is 5.51. The normalized spacial score (nSPS) is 21.7. The molecule has 1 aliphatic rings. The zero-order valence-corrected chi connectivity index (χ0v) is 12.6. The summed E-state index contributed by atoms with van der Waals surface area (Å²) in [6.07, 6.45) is 8.68. The van der Waals surface area contributed by atoms with Crippen LogP contribution in [-0.2, 0) is 9.59 Å². The Morgan fingerprint density at radius 2 is 1.55 bits per heavy atom. The molecule has 1 amide bonds. The van der Waals surface area contributed by atoms with Crippen molar-refractivity contribution in [1.29, 1.82) is 0 Å². The van der Waals surface area contributed by atoms with E-state index in [2.05, 4.69) is 13.8 Å². The van der Waals surface area contributed by atoms with Gasteiger partial charge in [-0.2, -0.15) is 0 Å². The smallest absolute Gasteiger partial charge is 0.226 e. The lowest BCUT2D eigenvalue weighted by Crippen LogP contribution is -2.46. The van der Waals surface area contributed by atoms with E-state index in [9.17, 15) is 14.7 Å². The van der Waals surface area contributed by atoms with Gasteiger partial charge in [0, 0.05) is 30.9 Å². The molecule has 0 N–H and O–H groups in total. The Labute approximate surface area is 121 Å². The van der Waals surface area contributed by atoms with Gasteiger partial charge in [-0.3, -0.25) is 4.79 Å². The van der Waals surface area contributed by atoms with Gasteiger partial charge in [0.05, 0.1) is 0 Å². The monoisotopic (exact) mass is 280 g/mol. The number of carboxylic acids is 1. The van der Waals surface area contributed by atoms with Crippen molar-refractivity contribution in [2.75, 3.05) is 13.1 Å². The van der Waals surface area contributed by atoms with Crippen LogP contribution in [0.15, 0.2) is 12.2 Å². The highest BCUT2D eigenvalue weighted by Crippen LogP contribution is 2.27. The molecule has 0 aromatic rings. The number of nitrogens with zero attached hydrogens (tertiary/aromatic N) is 1. The predicted molar refractivity (Wildman–Crippen MR) is 76.8 cm³/mol. The lowest BCUT2D eigenvalue weighted by atomic mass is 9.82. The number of hydrogen-bond acceptors (Lipinski definition) is 3. The summed E-state index contributed by atoms with van der Waals surface area (Å²) >= 11 is 0. The number of carbonyl (C=O) groups excluding carboxylic acids is 2. The minimum Gasteiger partial charge on any atom is -0.550 e. The van der Waals surface area contributed by atoms with Gasteiger partial charge in [0.1, 0.15) is 0 Å². The van der Waals surface area contributed by atoms with Gasteiger partial charge in [-0.25, -0.2) is 0 Å².